The molecule has 0 bridgehead atoms. The van der Waals surface area contributed by atoms with Crippen molar-refractivity contribution in [2.75, 3.05) is 13.3 Å². The molecule has 0 amide bonds. The third-order valence-electron chi connectivity index (χ3n) is 1.57. The van der Waals surface area contributed by atoms with Crippen LogP contribution in [-0.4, -0.2) is 13.3 Å². The Bertz CT molecular complexity index is 239. The summed E-state index contributed by atoms with van der Waals surface area (Å²) in [6.45, 7) is 1.37. The van der Waals surface area contributed by atoms with Crippen molar-refractivity contribution in [3.63, 3.8) is 0 Å². The zero-order valence-electron chi connectivity index (χ0n) is 6.99. The number of benzene rings is 1. The first-order valence-electron chi connectivity index (χ1n) is 3.55. The Balaban J connectivity index is 3.14. The molecule has 0 aliphatic heterocycles. The van der Waals surface area contributed by atoms with Crippen LogP contribution in [0.2, 0.25) is 0 Å². The standard InChI is InChI=1S/C8H15N2P/c1-11(2,9,10)8-6-4-3-5-7-8/h3-7H,9-10H2,1-2H3. The molecule has 0 radical (unpaired) electrons. The topological polar surface area (TPSA) is 52.0 Å². The van der Waals surface area contributed by atoms with Crippen molar-refractivity contribution in [3.8, 4) is 0 Å². The summed E-state index contributed by atoms with van der Waals surface area (Å²) < 4.78 is 0. The average molecular weight is 170 g/mol. The summed E-state index contributed by atoms with van der Waals surface area (Å²) in [7, 11) is 0. The van der Waals surface area contributed by atoms with Crippen molar-refractivity contribution in [3.05, 3.63) is 30.3 Å². The molecular weight excluding hydrogens is 155 g/mol. The molecule has 4 N–H and O–H groups in total. The molecule has 2 nitrogen and oxygen atoms in total. The second-order valence-electron chi connectivity index (χ2n) is 3.67. The number of nitrogens with two attached hydrogens (primary N) is 2. The van der Waals surface area contributed by atoms with Gasteiger partial charge in [0.25, 0.3) is 0 Å². The second kappa shape index (κ2) is 2.28. The number of rotatable bonds is 1. The van der Waals surface area contributed by atoms with E-state index in [9.17, 15) is 0 Å². The molecule has 1 rings (SSSR count). The first-order chi connectivity index (χ1) is 4.86. The van der Waals surface area contributed by atoms with E-state index in [0.29, 0.717) is 0 Å². The predicted molar refractivity (Wildman–Crippen MR) is 53.2 cm³/mol. The normalized spacial score (nSPS) is 15.5. The zero-order chi connectivity index (χ0) is 8.56. The molecule has 11 heavy (non-hydrogen) atoms. The minimum atomic E-state index is -2.49. The Hall–Kier alpha value is -0.430. The van der Waals surface area contributed by atoms with E-state index in [-0.39, 0.29) is 0 Å². The van der Waals surface area contributed by atoms with Gasteiger partial charge < -0.3 is 0 Å². The van der Waals surface area contributed by atoms with Crippen molar-refractivity contribution in [2.24, 2.45) is 11.0 Å². The van der Waals surface area contributed by atoms with Crippen molar-refractivity contribution < 1.29 is 0 Å². The van der Waals surface area contributed by atoms with E-state index in [1.54, 1.807) is 0 Å². The Labute approximate surface area is 67.6 Å². The van der Waals surface area contributed by atoms with E-state index in [0.717, 1.165) is 5.30 Å². The average Bonchev–Trinajstić information content (AvgIpc) is 1.86. The Morgan fingerprint density at radius 1 is 1.00 bits per heavy atom. The number of hydrogen-bond acceptors (Lipinski definition) is 2. The first-order valence-corrected chi connectivity index (χ1v) is 6.81. The van der Waals surface area contributed by atoms with E-state index in [1.807, 2.05) is 43.7 Å². The van der Waals surface area contributed by atoms with Crippen LogP contribution in [0.3, 0.4) is 0 Å². The molecule has 3 heteroatoms. The van der Waals surface area contributed by atoms with Gasteiger partial charge in [-0.1, -0.05) is 0 Å². The molecule has 0 unspecified atom stereocenters. The molecule has 0 saturated carbocycles. The van der Waals surface area contributed by atoms with Gasteiger partial charge in [0.2, 0.25) is 0 Å². The number of hydrogen-bond donors (Lipinski definition) is 2. The van der Waals surface area contributed by atoms with Crippen LogP contribution in [0.1, 0.15) is 0 Å². The van der Waals surface area contributed by atoms with Gasteiger partial charge in [-0.2, -0.15) is 0 Å². The zero-order valence-corrected chi connectivity index (χ0v) is 7.88. The SMILES string of the molecule is CP(C)(N)(N)c1ccccc1. The van der Waals surface area contributed by atoms with Gasteiger partial charge in [0, 0.05) is 0 Å². The second-order valence-corrected chi connectivity index (χ2v) is 8.86. The molecular formula is C8H15N2P. The van der Waals surface area contributed by atoms with Gasteiger partial charge in [-0.05, 0) is 0 Å². The third kappa shape index (κ3) is 2.26. The molecule has 0 aromatic heterocycles. The summed E-state index contributed by atoms with van der Waals surface area (Å²) in [6, 6.07) is 9.86. The van der Waals surface area contributed by atoms with Gasteiger partial charge in [0.1, 0.15) is 0 Å². The van der Waals surface area contributed by atoms with Gasteiger partial charge in [0.05, 0.1) is 0 Å². The van der Waals surface area contributed by atoms with Crippen LogP contribution in [0.15, 0.2) is 30.3 Å². The Kier molecular flexibility index (Phi) is 1.79. The maximum atomic E-state index is 6.01. The van der Waals surface area contributed by atoms with Gasteiger partial charge >= 0.3 is 66.9 Å². The van der Waals surface area contributed by atoms with E-state index < -0.39 is 6.90 Å². The van der Waals surface area contributed by atoms with Crippen LogP contribution in [0.25, 0.3) is 0 Å². The Morgan fingerprint density at radius 2 is 1.45 bits per heavy atom. The fourth-order valence-electron chi connectivity index (χ4n) is 0.898. The first kappa shape index (κ1) is 8.66. The molecule has 0 aliphatic rings. The summed E-state index contributed by atoms with van der Waals surface area (Å²) in [5, 5.41) is 1.07. The van der Waals surface area contributed by atoms with Crippen LogP contribution >= 0.6 is 6.90 Å². The molecule has 62 valence electrons. The van der Waals surface area contributed by atoms with Crippen molar-refractivity contribution in [1.82, 2.24) is 0 Å². The Morgan fingerprint density at radius 3 is 1.73 bits per heavy atom. The van der Waals surface area contributed by atoms with E-state index >= 15 is 0 Å². The quantitative estimate of drug-likeness (QED) is 0.614. The van der Waals surface area contributed by atoms with Gasteiger partial charge in [-0.25, -0.2) is 0 Å². The molecule has 1 aromatic rings. The fraction of sp³-hybridized carbons (Fsp3) is 0.250. The van der Waals surface area contributed by atoms with Gasteiger partial charge in [0.15, 0.2) is 0 Å². The van der Waals surface area contributed by atoms with Crippen LogP contribution in [0, 0.1) is 0 Å². The van der Waals surface area contributed by atoms with Crippen LogP contribution < -0.4 is 16.3 Å². The molecule has 0 heterocycles. The fourth-order valence-corrected chi connectivity index (χ4v) is 2.01. The van der Waals surface area contributed by atoms with E-state index in [4.69, 9.17) is 11.0 Å². The molecule has 0 fully saturated rings. The van der Waals surface area contributed by atoms with Crippen molar-refractivity contribution in [2.45, 2.75) is 0 Å². The van der Waals surface area contributed by atoms with E-state index in [2.05, 4.69) is 0 Å². The summed E-state index contributed by atoms with van der Waals surface area (Å²) in [5.41, 5.74) is 12.0. The van der Waals surface area contributed by atoms with E-state index in [1.165, 1.54) is 0 Å². The third-order valence-corrected chi connectivity index (χ3v) is 3.50. The van der Waals surface area contributed by atoms with Gasteiger partial charge in [-0.3, -0.25) is 0 Å². The monoisotopic (exact) mass is 170 g/mol. The molecule has 0 atom stereocenters. The van der Waals surface area contributed by atoms with Crippen LogP contribution in [0.5, 0.6) is 0 Å². The van der Waals surface area contributed by atoms with Crippen molar-refractivity contribution in [1.29, 1.82) is 0 Å². The van der Waals surface area contributed by atoms with Crippen molar-refractivity contribution >= 4 is 12.2 Å². The summed E-state index contributed by atoms with van der Waals surface area (Å²) >= 11 is 0. The molecule has 1 aromatic carbocycles. The minimum absolute atomic E-state index is 1.07. The summed E-state index contributed by atoms with van der Waals surface area (Å²) in [6.07, 6.45) is 0. The van der Waals surface area contributed by atoms with Crippen LogP contribution in [-0.2, 0) is 0 Å². The summed E-state index contributed by atoms with van der Waals surface area (Å²) in [5.74, 6) is 0. The summed E-state index contributed by atoms with van der Waals surface area (Å²) in [4.78, 5) is 0. The predicted octanol–water partition coefficient (Wildman–Crippen LogP) is 0.872. The maximum absolute atomic E-state index is 6.01. The van der Waals surface area contributed by atoms with Gasteiger partial charge in [-0.15, -0.1) is 0 Å². The van der Waals surface area contributed by atoms with Crippen LogP contribution in [0.4, 0.5) is 0 Å². The molecule has 0 aliphatic carbocycles. The molecule has 0 spiro atoms. The molecule has 0 saturated heterocycles.